The van der Waals surface area contributed by atoms with Gasteiger partial charge in [0, 0.05) is 13.5 Å². The summed E-state index contributed by atoms with van der Waals surface area (Å²) in [6.07, 6.45) is 5.76. The molecular formula is C17H20N4O. The maximum Gasteiger partial charge on any atom is 0.139 e. The topological polar surface area (TPSA) is 63.7 Å². The molecule has 0 N–H and O–H groups in total. The fourth-order valence-electron chi connectivity index (χ4n) is 2.80. The third kappa shape index (κ3) is 2.75. The average molecular weight is 296 g/mol. The molecule has 22 heavy (non-hydrogen) atoms. The van der Waals surface area contributed by atoms with Crippen molar-refractivity contribution < 1.29 is 4.74 Å². The van der Waals surface area contributed by atoms with Crippen LogP contribution in [0.4, 0.5) is 0 Å². The molecule has 1 saturated carbocycles. The first-order chi connectivity index (χ1) is 10.8. The van der Waals surface area contributed by atoms with Gasteiger partial charge in [-0.2, -0.15) is 5.26 Å². The predicted molar refractivity (Wildman–Crippen MR) is 83.0 cm³/mol. The highest BCUT2D eigenvalue weighted by Gasteiger charge is 2.28. The minimum absolute atomic E-state index is 0.603. The SMILES string of the molecule is CCc1cc(C2CC2)c(-n2cnnc2CCOC)cc1C#N. The Morgan fingerprint density at radius 2 is 2.23 bits per heavy atom. The number of nitriles is 1. The van der Waals surface area contributed by atoms with Crippen LogP contribution in [-0.2, 0) is 17.6 Å². The number of nitrogens with zero attached hydrogens (tertiary/aromatic N) is 4. The summed E-state index contributed by atoms with van der Waals surface area (Å²) in [5.74, 6) is 1.47. The van der Waals surface area contributed by atoms with Gasteiger partial charge in [-0.3, -0.25) is 4.57 Å². The zero-order valence-corrected chi connectivity index (χ0v) is 13.0. The van der Waals surface area contributed by atoms with E-state index in [4.69, 9.17) is 4.74 Å². The van der Waals surface area contributed by atoms with Crippen molar-refractivity contribution in [2.24, 2.45) is 0 Å². The van der Waals surface area contributed by atoms with Gasteiger partial charge in [-0.1, -0.05) is 13.0 Å². The van der Waals surface area contributed by atoms with Gasteiger partial charge >= 0.3 is 0 Å². The first-order valence-electron chi connectivity index (χ1n) is 7.73. The number of hydrogen-bond acceptors (Lipinski definition) is 4. The smallest absolute Gasteiger partial charge is 0.139 e. The second kappa shape index (κ2) is 6.29. The van der Waals surface area contributed by atoms with E-state index in [0.717, 1.165) is 29.1 Å². The average Bonchev–Trinajstić information content (AvgIpc) is 3.30. The van der Waals surface area contributed by atoms with E-state index in [1.807, 2.05) is 10.6 Å². The number of rotatable bonds is 6. The fourth-order valence-corrected chi connectivity index (χ4v) is 2.80. The lowest BCUT2D eigenvalue weighted by Crippen LogP contribution is -2.08. The minimum atomic E-state index is 0.603. The van der Waals surface area contributed by atoms with E-state index < -0.39 is 0 Å². The van der Waals surface area contributed by atoms with Crippen LogP contribution in [0.3, 0.4) is 0 Å². The number of ether oxygens (including phenoxy) is 1. The zero-order valence-electron chi connectivity index (χ0n) is 13.0. The van der Waals surface area contributed by atoms with E-state index >= 15 is 0 Å². The Hall–Kier alpha value is -2.19. The van der Waals surface area contributed by atoms with Gasteiger partial charge in [0.1, 0.15) is 12.2 Å². The largest absolute Gasteiger partial charge is 0.384 e. The van der Waals surface area contributed by atoms with Crippen LogP contribution in [0.5, 0.6) is 0 Å². The molecule has 1 heterocycles. The second-order valence-electron chi connectivity index (χ2n) is 5.67. The normalized spacial score (nSPS) is 14.0. The van der Waals surface area contributed by atoms with Crippen molar-refractivity contribution in [2.45, 2.75) is 38.5 Å². The maximum atomic E-state index is 9.42. The van der Waals surface area contributed by atoms with Crippen LogP contribution in [0.15, 0.2) is 18.5 Å². The van der Waals surface area contributed by atoms with Gasteiger partial charge in [0.05, 0.1) is 23.9 Å². The van der Waals surface area contributed by atoms with Crippen LogP contribution in [0.1, 0.15) is 48.2 Å². The fraction of sp³-hybridized carbons (Fsp3) is 0.471. The van der Waals surface area contributed by atoms with Crippen LogP contribution in [0.2, 0.25) is 0 Å². The molecule has 1 aliphatic carbocycles. The van der Waals surface area contributed by atoms with Crippen LogP contribution in [0.25, 0.3) is 5.69 Å². The molecule has 5 nitrogen and oxygen atoms in total. The molecule has 0 atom stereocenters. The molecule has 0 saturated heterocycles. The lowest BCUT2D eigenvalue weighted by atomic mass is 9.98. The Morgan fingerprint density at radius 3 is 2.86 bits per heavy atom. The highest BCUT2D eigenvalue weighted by molar-refractivity contribution is 5.54. The molecular weight excluding hydrogens is 276 g/mol. The van der Waals surface area contributed by atoms with Gasteiger partial charge in [-0.15, -0.1) is 10.2 Å². The lowest BCUT2D eigenvalue weighted by molar-refractivity contribution is 0.200. The Kier molecular flexibility index (Phi) is 4.21. The summed E-state index contributed by atoms with van der Waals surface area (Å²) in [4.78, 5) is 0. The van der Waals surface area contributed by atoms with Crippen molar-refractivity contribution in [3.63, 3.8) is 0 Å². The van der Waals surface area contributed by atoms with Crippen molar-refractivity contribution in [3.05, 3.63) is 41.0 Å². The Morgan fingerprint density at radius 1 is 1.41 bits per heavy atom. The maximum absolute atomic E-state index is 9.42. The van der Waals surface area contributed by atoms with Crippen molar-refractivity contribution >= 4 is 0 Å². The number of benzene rings is 1. The van der Waals surface area contributed by atoms with E-state index in [1.165, 1.54) is 18.4 Å². The van der Waals surface area contributed by atoms with Gasteiger partial charge in [0.2, 0.25) is 0 Å². The molecule has 0 radical (unpaired) electrons. The van der Waals surface area contributed by atoms with E-state index in [0.29, 0.717) is 18.9 Å². The van der Waals surface area contributed by atoms with Gasteiger partial charge < -0.3 is 4.74 Å². The summed E-state index contributed by atoms with van der Waals surface area (Å²) in [5, 5.41) is 17.7. The van der Waals surface area contributed by atoms with Crippen LogP contribution < -0.4 is 0 Å². The minimum Gasteiger partial charge on any atom is -0.384 e. The van der Waals surface area contributed by atoms with E-state index in [1.54, 1.807) is 13.4 Å². The van der Waals surface area contributed by atoms with Crippen molar-refractivity contribution in [3.8, 4) is 11.8 Å². The summed E-state index contributed by atoms with van der Waals surface area (Å²) < 4.78 is 7.15. The third-order valence-electron chi connectivity index (χ3n) is 4.18. The molecule has 2 aromatic rings. The quantitative estimate of drug-likeness (QED) is 0.822. The molecule has 114 valence electrons. The summed E-state index contributed by atoms with van der Waals surface area (Å²) in [7, 11) is 1.68. The molecule has 3 rings (SSSR count). The van der Waals surface area contributed by atoms with Gasteiger partial charge in [-0.25, -0.2) is 0 Å². The molecule has 0 unspecified atom stereocenters. The monoisotopic (exact) mass is 296 g/mol. The number of aromatic nitrogens is 3. The molecule has 1 aromatic heterocycles. The molecule has 0 bridgehead atoms. The van der Waals surface area contributed by atoms with Crippen molar-refractivity contribution in [1.82, 2.24) is 14.8 Å². The molecule has 0 aliphatic heterocycles. The van der Waals surface area contributed by atoms with E-state index in [9.17, 15) is 5.26 Å². The highest BCUT2D eigenvalue weighted by Crippen LogP contribution is 2.43. The molecule has 5 heteroatoms. The number of methoxy groups -OCH3 is 1. The van der Waals surface area contributed by atoms with Crippen molar-refractivity contribution in [2.75, 3.05) is 13.7 Å². The van der Waals surface area contributed by atoms with Crippen LogP contribution in [0, 0.1) is 11.3 Å². The molecule has 0 spiro atoms. The highest BCUT2D eigenvalue weighted by atomic mass is 16.5. The number of hydrogen-bond donors (Lipinski definition) is 0. The Balaban J connectivity index is 2.09. The van der Waals surface area contributed by atoms with Gasteiger partial charge in [0.15, 0.2) is 0 Å². The van der Waals surface area contributed by atoms with Crippen molar-refractivity contribution in [1.29, 1.82) is 5.26 Å². The van der Waals surface area contributed by atoms with Crippen LogP contribution in [-0.4, -0.2) is 28.5 Å². The summed E-state index contributed by atoms with van der Waals surface area (Å²) in [6, 6.07) is 6.51. The number of aryl methyl sites for hydroxylation is 1. The lowest BCUT2D eigenvalue weighted by Gasteiger charge is -2.15. The molecule has 0 amide bonds. The van der Waals surface area contributed by atoms with Gasteiger partial charge in [-0.05, 0) is 42.4 Å². The summed E-state index contributed by atoms with van der Waals surface area (Å²) in [5.41, 5.74) is 4.23. The Labute approximate surface area is 130 Å². The summed E-state index contributed by atoms with van der Waals surface area (Å²) >= 11 is 0. The standard InChI is InChI=1S/C17H20N4O/c1-3-12-8-15(13-4-5-13)16(9-14(12)10-18)21-11-19-20-17(21)6-7-22-2/h8-9,11,13H,3-7H2,1-2H3. The Bertz CT molecular complexity index is 710. The van der Waals surface area contributed by atoms with Crippen LogP contribution >= 0.6 is 0 Å². The van der Waals surface area contributed by atoms with Gasteiger partial charge in [0.25, 0.3) is 0 Å². The first-order valence-corrected chi connectivity index (χ1v) is 7.73. The van der Waals surface area contributed by atoms with E-state index in [2.05, 4.69) is 29.3 Å². The molecule has 1 aromatic carbocycles. The van der Waals surface area contributed by atoms with E-state index in [-0.39, 0.29) is 0 Å². The first kappa shape index (κ1) is 14.7. The second-order valence-corrected chi connectivity index (χ2v) is 5.67. The third-order valence-corrected chi connectivity index (χ3v) is 4.18. The predicted octanol–water partition coefficient (Wildman–Crippen LogP) is 2.77. The molecule has 1 fully saturated rings. The zero-order chi connectivity index (χ0) is 15.5. The summed E-state index contributed by atoms with van der Waals surface area (Å²) in [6.45, 7) is 2.70. The molecule has 1 aliphatic rings.